The van der Waals surface area contributed by atoms with Gasteiger partial charge in [-0.05, 0) is 48.9 Å². The van der Waals surface area contributed by atoms with Crippen molar-refractivity contribution < 1.29 is 9.53 Å². The Kier molecular flexibility index (Phi) is 5.12. The van der Waals surface area contributed by atoms with Gasteiger partial charge in [0.15, 0.2) is 6.61 Å². The quantitative estimate of drug-likeness (QED) is 0.914. The lowest BCUT2D eigenvalue weighted by molar-refractivity contribution is -0.123. The van der Waals surface area contributed by atoms with Crippen LogP contribution in [0.15, 0.2) is 53.3 Å². The van der Waals surface area contributed by atoms with Gasteiger partial charge >= 0.3 is 0 Å². The molecule has 0 bridgehead atoms. The van der Waals surface area contributed by atoms with Gasteiger partial charge in [0.05, 0.1) is 6.04 Å². The fraction of sp³-hybridized carbons (Fsp3) is 0.200. The average molecular weight is 335 g/mol. The molecule has 1 heterocycles. The Morgan fingerprint density at radius 2 is 1.90 bits per heavy atom. The minimum absolute atomic E-state index is 0.00292. The monoisotopic (exact) mass is 334 g/mol. The number of benzene rings is 1. The highest BCUT2D eigenvalue weighted by atomic mass is 79.9. The molecule has 0 fully saturated rings. The molecule has 0 saturated carbocycles. The van der Waals surface area contributed by atoms with Crippen molar-refractivity contribution in [2.75, 3.05) is 6.61 Å². The van der Waals surface area contributed by atoms with Crippen LogP contribution >= 0.6 is 15.9 Å². The molecule has 0 aliphatic carbocycles. The van der Waals surface area contributed by atoms with Gasteiger partial charge in [0.1, 0.15) is 5.75 Å². The summed E-state index contributed by atoms with van der Waals surface area (Å²) in [5.41, 5.74) is 1.01. The first kappa shape index (κ1) is 14.5. The van der Waals surface area contributed by atoms with Crippen LogP contribution in [0.3, 0.4) is 0 Å². The van der Waals surface area contributed by atoms with Crippen LogP contribution < -0.4 is 10.1 Å². The predicted octanol–water partition coefficient (Wildman–Crippen LogP) is 3.10. The third-order valence-corrected chi connectivity index (χ3v) is 3.30. The molecule has 2 aromatic rings. The minimum atomic E-state index is -0.155. The Balaban J connectivity index is 1.82. The zero-order chi connectivity index (χ0) is 14.4. The third-order valence-electron chi connectivity index (χ3n) is 2.77. The van der Waals surface area contributed by atoms with Crippen LogP contribution in [0.1, 0.15) is 18.5 Å². The van der Waals surface area contributed by atoms with Crippen molar-refractivity contribution in [3.63, 3.8) is 0 Å². The normalized spacial score (nSPS) is 11.7. The molecule has 20 heavy (non-hydrogen) atoms. The molecular formula is C15H15BrN2O2. The lowest BCUT2D eigenvalue weighted by atomic mass is 10.1. The van der Waals surface area contributed by atoms with Crippen molar-refractivity contribution in [2.45, 2.75) is 13.0 Å². The first-order valence-corrected chi connectivity index (χ1v) is 7.02. The average Bonchev–Trinajstić information content (AvgIpc) is 2.47. The summed E-state index contributed by atoms with van der Waals surface area (Å²) in [4.78, 5) is 15.8. The van der Waals surface area contributed by atoms with Crippen LogP contribution in [0, 0.1) is 0 Å². The number of pyridine rings is 1. The van der Waals surface area contributed by atoms with E-state index in [2.05, 4.69) is 26.2 Å². The van der Waals surface area contributed by atoms with Gasteiger partial charge in [-0.25, -0.2) is 0 Å². The molecule has 1 N–H and O–H groups in total. The Morgan fingerprint density at radius 3 is 2.55 bits per heavy atom. The molecule has 1 amide bonds. The summed E-state index contributed by atoms with van der Waals surface area (Å²) in [6.45, 7) is 1.92. The van der Waals surface area contributed by atoms with E-state index < -0.39 is 0 Å². The number of nitrogens with zero attached hydrogens (tertiary/aromatic N) is 1. The predicted molar refractivity (Wildman–Crippen MR) is 80.4 cm³/mol. The largest absolute Gasteiger partial charge is 0.484 e. The van der Waals surface area contributed by atoms with Gasteiger partial charge in [0, 0.05) is 16.9 Å². The van der Waals surface area contributed by atoms with Crippen LogP contribution in [0.25, 0.3) is 0 Å². The van der Waals surface area contributed by atoms with Crippen molar-refractivity contribution in [1.29, 1.82) is 0 Å². The van der Waals surface area contributed by atoms with Crippen molar-refractivity contribution >= 4 is 21.8 Å². The van der Waals surface area contributed by atoms with Gasteiger partial charge in [0.2, 0.25) is 0 Å². The molecule has 0 aliphatic rings. The summed E-state index contributed by atoms with van der Waals surface area (Å²) >= 11 is 3.34. The number of amides is 1. The number of aromatic nitrogens is 1. The van der Waals surface area contributed by atoms with Gasteiger partial charge in [-0.15, -0.1) is 0 Å². The van der Waals surface area contributed by atoms with Gasteiger partial charge in [-0.1, -0.05) is 15.9 Å². The van der Waals surface area contributed by atoms with E-state index in [1.54, 1.807) is 12.4 Å². The zero-order valence-electron chi connectivity index (χ0n) is 11.0. The number of ether oxygens (including phenoxy) is 1. The molecule has 1 aromatic carbocycles. The second-order valence-corrected chi connectivity index (χ2v) is 5.23. The fourth-order valence-corrected chi connectivity index (χ4v) is 1.96. The van der Waals surface area contributed by atoms with Crippen molar-refractivity contribution in [2.24, 2.45) is 0 Å². The number of rotatable bonds is 5. The second kappa shape index (κ2) is 7.05. The van der Waals surface area contributed by atoms with Crippen LogP contribution in [0.4, 0.5) is 0 Å². The highest BCUT2D eigenvalue weighted by molar-refractivity contribution is 9.10. The lowest BCUT2D eigenvalue weighted by Gasteiger charge is -2.14. The molecule has 0 saturated heterocycles. The van der Waals surface area contributed by atoms with E-state index in [4.69, 9.17) is 4.74 Å². The van der Waals surface area contributed by atoms with E-state index in [9.17, 15) is 4.79 Å². The molecule has 2 rings (SSSR count). The zero-order valence-corrected chi connectivity index (χ0v) is 12.6. The van der Waals surface area contributed by atoms with Gasteiger partial charge < -0.3 is 10.1 Å². The van der Waals surface area contributed by atoms with E-state index >= 15 is 0 Å². The maximum Gasteiger partial charge on any atom is 0.258 e. The van der Waals surface area contributed by atoms with Gasteiger partial charge in [0.25, 0.3) is 5.91 Å². The number of hydrogen-bond acceptors (Lipinski definition) is 3. The summed E-state index contributed by atoms with van der Waals surface area (Å²) in [6.07, 6.45) is 3.41. The molecule has 104 valence electrons. The molecule has 4 nitrogen and oxygen atoms in total. The first-order chi connectivity index (χ1) is 9.65. The molecule has 1 unspecified atom stereocenters. The molecule has 1 atom stereocenters. The number of hydrogen-bond donors (Lipinski definition) is 1. The van der Waals surface area contributed by atoms with Gasteiger partial charge in [-0.2, -0.15) is 0 Å². The van der Waals surface area contributed by atoms with Crippen LogP contribution in [-0.4, -0.2) is 17.5 Å². The van der Waals surface area contributed by atoms with Gasteiger partial charge in [-0.3, -0.25) is 9.78 Å². The Labute approximate surface area is 126 Å². The molecule has 0 spiro atoms. The van der Waals surface area contributed by atoms with Crippen LogP contribution in [0.2, 0.25) is 0 Å². The van der Waals surface area contributed by atoms with E-state index in [0.29, 0.717) is 5.75 Å². The lowest BCUT2D eigenvalue weighted by Crippen LogP contribution is -2.31. The summed E-state index contributed by atoms with van der Waals surface area (Å²) in [7, 11) is 0. The highest BCUT2D eigenvalue weighted by Gasteiger charge is 2.09. The third kappa shape index (κ3) is 4.35. The standard InChI is InChI=1S/C15H15BrN2O2/c1-11(12-6-8-17-9-7-12)18-15(19)10-20-14-4-2-13(16)3-5-14/h2-9,11H,10H2,1H3,(H,18,19). The maximum absolute atomic E-state index is 11.8. The number of halogens is 1. The maximum atomic E-state index is 11.8. The summed E-state index contributed by atoms with van der Waals surface area (Å²) in [6, 6.07) is 11.0. The number of nitrogens with one attached hydrogen (secondary N) is 1. The topological polar surface area (TPSA) is 51.2 Å². The number of carbonyl (C=O) groups excluding carboxylic acids is 1. The minimum Gasteiger partial charge on any atom is -0.484 e. The fourth-order valence-electron chi connectivity index (χ4n) is 1.70. The van der Waals surface area contributed by atoms with Crippen LogP contribution in [0.5, 0.6) is 5.75 Å². The number of carbonyl (C=O) groups is 1. The summed E-state index contributed by atoms with van der Waals surface area (Å²) in [5, 5.41) is 2.88. The molecule has 0 aliphatic heterocycles. The molecule has 0 radical (unpaired) electrons. The molecular weight excluding hydrogens is 320 g/mol. The smallest absolute Gasteiger partial charge is 0.258 e. The molecule has 5 heteroatoms. The first-order valence-electron chi connectivity index (χ1n) is 6.23. The SMILES string of the molecule is CC(NC(=O)COc1ccc(Br)cc1)c1ccncc1. The van der Waals surface area contributed by atoms with E-state index in [-0.39, 0.29) is 18.6 Å². The van der Waals surface area contributed by atoms with Crippen LogP contribution in [-0.2, 0) is 4.79 Å². The van der Waals surface area contributed by atoms with Crippen molar-refractivity contribution in [1.82, 2.24) is 10.3 Å². The Bertz CT molecular complexity index is 558. The second-order valence-electron chi connectivity index (χ2n) is 4.31. The summed E-state index contributed by atoms with van der Waals surface area (Å²) in [5.74, 6) is 0.511. The Morgan fingerprint density at radius 1 is 1.25 bits per heavy atom. The van der Waals surface area contributed by atoms with E-state index in [1.165, 1.54) is 0 Å². The molecule has 1 aromatic heterocycles. The highest BCUT2D eigenvalue weighted by Crippen LogP contribution is 2.16. The van der Waals surface area contributed by atoms with E-state index in [0.717, 1.165) is 10.0 Å². The Hall–Kier alpha value is -1.88. The van der Waals surface area contributed by atoms with Crippen molar-refractivity contribution in [3.05, 3.63) is 58.8 Å². The van der Waals surface area contributed by atoms with E-state index in [1.807, 2.05) is 43.3 Å². The van der Waals surface area contributed by atoms with Crippen molar-refractivity contribution in [3.8, 4) is 5.75 Å². The summed E-state index contributed by atoms with van der Waals surface area (Å²) < 4.78 is 6.39.